The maximum Gasteiger partial charge on any atom is 0.338 e. The van der Waals surface area contributed by atoms with E-state index in [1.165, 1.54) is 18.1 Å². The number of nitrogens with zero attached hydrogens (tertiary/aromatic N) is 1. The van der Waals surface area contributed by atoms with Crippen LogP contribution in [-0.2, 0) is 16.7 Å². The highest BCUT2D eigenvalue weighted by atomic mass is 16.6. The van der Waals surface area contributed by atoms with Crippen molar-refractivity contribution in [2.45, 2.75) is 43.9 Å². The average Bonchev–Trinajstić information content (AvgIpc) is 3.05. The molecule has 3 aliphatic rings. The molecular formula is C26H27NO5. The van der Waals surface area contributed by atoms with Gasteiger partial charge < -0.3 is 19.1 Å². The van der Waals surface area contributed by atoms with E-state index in [2.05, 4.69) is 24.1 Å². The Morgan fingerprint density at radius 2 is 1.88 bits per heavy atom. The number of hydrogen-bond acceptors (Lipinski definition) is 6. The molecule has 2 heterocycles. The SMILES string of the molecule is COc1ccc2c3c1OC1C[C@@H](OC(=O)c4ccc(C(C)=O)cc4)C=C[C@@]31CCN(C)C2. The van der Waals surface area contributed by atoms with E-state index < -0.39 is 5.97 Å². The minimum Gasteiger partial charge on any atom is -0.493 e. The number of carbonyl (C=O) groups is 2. The predicted molar refractivity (Wildman–Crippen MR) is 119 cm³/mol. The fourth-order valence-electron chi connectivity index (χ4n) is 5.20. The molecule has 3 atom stereocenters. The lowest BCUT2D eigenvalue weighted by Crippen LogP contribution is -2.43. The summed E-state index contributed by atoms with van der Waals surface area (Å²) in [7, 11) is 3.80. The molecule has 0 bridgehead atoms. The summed E-state index contributed by atoms with van der Waals surface area (Å²) in [4.78, 5) is 26.5. The van der Waals surface area contributed by atoms with Gasteiger partial charge in [-0.25, -0.2) is 4.79 Å². The first-order valence-corrected chi connectivity index (χ1v) is 11.0. The molecule has 6 nitrogen and oxygen atoms in total. The third-order valence-electron chi connectivity index (χ3n) is 6.92. The molecule has 166 valence electrons. The largest absolute Gasteiger partial charge is 0.493 e. The average molecular weight is 434 g/mol. The molecule has 2 aromatic rings. The van der Waals surface area contributed by atoms with Crippen LogP contribution in [0.15, 0.2) is 48.6 Å². The van der Waals surface area contributed by atoms with Gasteiger partial charge in [0.25, 0.3) is 0 Å². The van der Waals surface area contributed by atoms with Crippen LogP contribution in [0.3, 0.4) is 0 Å². The number of ketones is 1. The van der Waals surface area contributed by atoms with Crippen LogP contribution in [0.4, 0.5) is 0 Å². The number of benzene rings is 2. The van der Waals surface area contributed by atoms with Gasteiger partial charge in [0, 0.05) is 24.1 Å². The molecule has 1 unspecified atom stereocenters. The summed E-state index contributed by atoms with van der Waals surface area (Å²) in [5.41, 5.74) is 3.23. The summed E-state index contributed by atoms with van der Waals surface area (Å²) in [5, 5.41) is 0. The van der Waals surface area contributed by atoms with Crippen molar-refractivity contribution in [1.29, 1.82) is 0 Å². The number of carbonyl (C=O) groups excluding carboxylic acids is 2. The zero-order chi connectivity index (χ0) is 22.5. The Morgan fingerprint density at radius 3 is 2.59 bits per heavy atom. The van der Waals surface area contributed by atoms with E-state index in [1.807, 2.05) is 12.1 Å². The molecule has 0 radical (unpaired) electrons. The third-order valence-corrected chi connectivity index (χ3v) is 6.92. The zero-order valence-corrected chi connectivity index (χ0v) is 18.6. The van der Waals surface area contributed by atoms with Crippen molar-refractivity contribution < 1.29 is 23.8 Å². The Labute approximate surface area is 187 Å². The van der Waals surface area contributed by atoms with Gasteiger partial charge in [-0.1, -0.05) is 24.3 Å². The van der Waals surface area contributed by atoms with Crippen molar-refractivity contribution in [3.63, 3.8) is 0 Å². The maximum absolute atomic E-state index is 12.7. The first-order valence-electron chi connectivity index (χ1n) is 11.0. The highest BCUT2D eigenvalue weighted by Gasteiger charge is 2.53. The minimum absolute atomic E-state index is 0.0350. The van der Waals surface area contributed by atoms with E-state index in [1.54, 1.807) is 31.4 Å². The highest BCUT2D eigenvalue weighted by molar-refractivity contribution is 5.96. The van der Waals surface area contributed by atoms with Crippen molar-refractivity contribution in [3.05, 3.63) is 70.8 Å². The van der Waals surface area contributed by atoms with Crippen LogP contribution in [0, 0.1) is 0 Å². The molecule has 5 rings (SSSR count). The molecule has 32 heavy (non-hydrogen) atoms. The summed E-state index contributed by atoms with van der Waals surface area (Å²) >= 11 is 0. The van der Waals surface area contributed by atoms with E-state index in [4.69, 9.17) is 14.2 Å². The molecule has 2 aliphatic heterocycles. The van der Waals surface area contributed by atoms with Crippen LogP contribution in [-0.4, -0.2) is 49.6 Å². The number of ether oxygens (including phenoxy) is 3. The number of methoxy groups -OCH3 is 1. The number of Topliss-reactive ketones (excluding diaryl/α,β-unsaturated/α-hetero) is 1. The molecule has 1 aliphatic carbocycles. The van der Waals surface area contributed by atoms with Gasteiger partial charge in [-0.15, -0.1) is 0 Å². The van der Waals surface area contributed by atoms with Gasteiger partial charge in [-0.2, -0.15) is 0 Å². The second kappa shape index (κ2) is 7.78. The van der Waals surface area contributed by atoms with Crippen LogP contribution in [0.1, 0.15) is 51.6 Å². The predicted octanol–water partition coefficient (Wildman–Crippen LogP) is 3.92. The first kappa shape index (κ1) is 20.8. The van der Waals surface area contributed by atoms with Crippen molar-refractivity contribution in [2.75, 3.05) is 20.7 Å². The van der Waals surface area contributed by atoms with Gasteiger partial charge in [0.15, 0.2) is 17.3 Å². The van der Waals surface area contributed by atoms with E-state index in [0.29, 0.717) is 17.5 Å². The van der Waals surface area contributed by atoms with Gasteiger partial charge in [-0.05, 0) is 56.8 Å². The van der Waals surface area contributed by atoms with Gasteiger partial charge in [0.05, 0.1) is 18.1 Å². The molecule has 0 saturated carbocycles. The molecule has 0 aromatic heterocycles. The summed E-state index contributed by atoms with van der Waals surface area (Å²) < 4.78 is 17.9. The van der Waals surface area contributed by atoms with Gasteiger partial charge in [0.1, 0.15) is 12.2 Å². The standard InChI is InChI=1S/C26H27NO5/c1-16(28)17-4-6-18(7-5-17)25(29)31-20-10-11-26-12-13-27(2)15-19-8-9-21(30-3)24(23(19)26)32-22(26)14-20/h4-11,20,22H,12-15H2,1-3H3/t20-,22?,26-/m0/s1. The second-order valence-corrected chi connectivity index (χ2v) is 8.94. The Hall–Kier alpha value is -3.12. The monoisotopic (exact) mass is 433 g/mol. The lowest BCUT2D eigenvalue weighted by molar-refractivity contribution is 0.0217. The molecule has 0 saturated heterocycles. The summed E-state index contributed by atoms with van der Waals surface area (Å²) in [6.07, 6.45) is 5.20. The summed E-state index contributed by atoms with van der Waals surface area (Å²) in [6.45, 7) is 3.32. The number of esters is 1. The van der Waals surface area contributed by atoms with Crippen LogP contribution < -0.4 is 9.47 Å². The molecule has 0 fully saturated rings. The van der Waals surface area contributed by atoms with Crippen LogP contribution in [0.5, 0.6) is 11.5 Å². The smallest absolute Gasteiger partial charge is 0.338 e. The van der Waals surface area contributed by atoms with Gasteiger partial charge in [0.2, 0.25) is 0 Å². The Balaban J connectivity index is 1.41. The fraction of sp³-hybridized carbons (Fsp3) is 0.385. The second-order valence-electron chi connectivity index (χ2n) is 8.94. The maximum atomic E-state index is 12.7. The van der Waals surface area contributed by atoms with Gasteiger partial charge in [-0.3, -0.25) is 4.79 Å². The van der Waals surface area contributed by atoms with E-state index in [-0.39, 0.29) is 23.4 Å². The van der Waals surface area contributed by atoms with Crippen molar-refractivity contribution in [2.24, 2.45) is 0 Å². The summed E-state index contributed by atoms with van der Waals surface area (Å²) in [5.74, 6) is 1.13. The van der Waals surface area contributed by atoms with E-state index in [9.17, 15) is 9.59 Å². The highest BCUT2D eigenvalue weighted by Crippen LogP contribution is 2.55. The zero-order valence-electron chi connectivity index (χ0n) is 18.6. The molecular weight excluding hydrogens is 406 g/mol. The molecule has 6 heteroatoms. The van der Waals surface area contributed by atoms with E-state index >= 15 is 0 Å². The quantitative estimate of drug-likeness (QED) is 0.414. The molecule has 2 aromatic carbocycles. The summed E-state index contributed by atoms with van der Waals surface area (Å²) in [6, 6.07) is 10.7. The van der Waals surface area contributed by atoms with Crippen molar-refractivity contribution in [3.8, 4) is 11.5 Å². The lowest BCUT2D eigenvalue weighted by Gasteiger charge is -2.36. The fourth-order valence-corrected chi connectivity index (χ4v) is 5.20. The Bertz CT molecular complexity index is 1110. The minimum atomic E-state index is -0.403. The normalized spacial score (nSPS) is 25.8. The van der Waals surface area contributed by atoms with Crippen LogP contribution in [0.2, 0.25) is 0 Å². The van der Waals surface area contributed by atoms with Gasteiger partial charge >= 0.3 is 5.97 Å². The number of rotatable bonds is 4. The lowest BCUT2D eigenvalue weighted by atomic mass is 9.69. The van der Waals surface area contributed by atoms with E-state index in [0.717, 1.165) is 31.0 Å². The van der Waals surface area contributed by atoms with Crippen molar-refractivity contribution >= 4 is 11.8 Å². The van der Waals surface area contributed by atoms with Crippen molar-refractivity contribution in [1.82, 2.24) is 4.90 Å². The third kappa shape index (κ3) is 3.30. The molecule has 0 amide bonds. The van der Waals surface area contributed by atoms with Crippen LogP contribution >= 0.6 is 0 Å². The topological polar surface area (TPSA) is 65.1 Å². The van der Waals surface area contributed by atoms with Crippen LogP contribution in [0.25, 0.3) is 0 Å². The number of hydrogen-bond donors (Lipinski definition) is 0. The molecule has 0 N–H and O–H groups in total. The Kier molecular flexibility index (Phi) is 5.05. The Morgan fingerprint density at radius 1 is 1.12 bits per heavy atom. The first-order chi connectivity index (χ1) is 15.4. The molecule has 1 spiro atoms.